The highest BCUT2D eigenvalue weighted by Gasteiger charge is 2.45. The van der Waals surface area contributed by atoms with Gasteiger partial charge >= 0.3 is 0 Å². The van der Waals surface area contributed by atoms with Gasteiger partial charge in [-0.15, -0.1) is 12.4 Å². The maximum absolute atomic E-state index is 11.9. The predicted molar refractivity (Wildman–Crippen MR) is 66.7 cm³/mol. The largest absolute Gasteiger partial charge is 0.370 e. The molecule has 0 aromatic carbocycles. The van der Waals surface area contributed by atoms with Crippen molar-refractivity contribution in [1.29, 1.82) is 0 Å². The molecule has 0 radical (unpaired) electrons. The number of rotatable bonds is 5. The van der Waals surface area contributed by atoms with Gasteiger partial charge in [-0.1, -0.05) is 6.92 Å². The molecule has 5 heteroatoms. The van der Waals surface area contributed by atoms with Crippen molar-refractivity contribution in [3.63, 3.8) is 0 Å². The fraction of sp³-hybridized carbons (Fsp3) is 0.909. The molecule has 2 atom stereocenters. The number of carbonyl (C=O) groups is 1. The molecule has 1 aliphatic carbocycles. The molecule has 1 amide bonds. The molecule has 0 bridgehead atoms. The van der Waals surface area contributed by atoms with Gasteiger partial charge in [-0.05, 0) is 25.2 Å². The summed E-state index contributed by atoms with van der Waals surface area (Å²) in [4.78, 5) is 13.7. The van der Waals surface area contributed by atoms with Gasteiger partial charge in [0.1, 0.15) is 6.10 Å². The highest BCUT2D eigenvalue weighted by molar-refractivity contribution is 5.85. The van der Waals surface area contributed by atoms with Crippen molar-refractivity contribution in [1.82, 2.24) is 4.90 Å². The summed E-state index contributed by atoms with van der Waals surface area (Å²) < 4.78 is 5.05. The van der Waals surface area contributed by atoms with E-state index in [1.807, 2.05) is 7.05 Å². The highest BCUT2D eigenvalue weighted by Crippen LogP contribution is 2.49. The van der Waals surface area contributed by atoms with E-state index in [0.29, 0.717) is 5.41 Å². The van der Waals surface area contributed by atoms with Gasteiger partial charge in [0, 0.05) is 26.7 Å². The number of amides is 1. The number of carbonyl (C=O) groups excluding carboxylic acids is 1. The molecular formula is C11H23ClN2O2. The minimum absolute atomic E-state index is 0. The summed E-state index contributed by atoms with van der Waals surface area (Å²) in [6.07, 6.45) is 1.90. The average molecular weight is 251 g/mol. The zero-order valence-electron chi connectivity index (χ0n) is 10.5. The minimum atomic E-state index is -0.500. The van der Waals surface area contributed by atoms with Crippen molar-refractivity contribution in [2.45, 2.75) is 38.8 Å². The molecule has 2 N–H and O–H groups in total. The predicted octanol–water partition coefficient (Wildman–Crippen LogP) is 1.03. The fourth-order valence-electron chi connectivity index (χ4n) is 1.80. The topological polar surface area (TPSA) is 55.6 Å². The summed E-state index contributed by atoms with van der Waals surface area (Å²) >= 11 is 0. The summed E-state index contributed by atoms with van der Waals surface area (Å²) in [5.74, 6) is -0.0133. The SMILES string of the molecule is COC(CN)C(=O)N(C)C(C)C1(C)CC1.Cl. The lowest BCUT2D eigenvalue weighted by molar-refractivity contribution is -0.143. The van der Waals surface area contributed by atoms with Gasteiger partial charge in [0.05, 0.1) is 0 Å². The molecule has 96 valence electrons. The van der Waals surface area contributed by atoms with Crippen LogP contribution in [0.25, 0.3) is 0 Å². The highest BCUT2D eigenvalue weighted by atomic mass is 35.5. The van der Waals surface area contributed by atoms with Gasteiger partial charge in [0.25, 0.3) is 5.91 Å². The van der Waals surface area contributed by atoms with Crippen LogP contribution in [0.2, 0.25) is 0 Å². The van der Waals surface area contributed by atoms with Crippen molar-refractivity contribution in [2.75, 3.05) is 20.7 Å². The Labute approximate surface area is 104 Å². The first kappa shape index (κ1) is 15.7. The minimum Gasteiger partial charge on any atom is -0.370 e. The van der Waals surface area contributed by atoms with Crippen molar-refractivity contribution >= 4 is 18.3 Å². The van der Waals surface area contributed by atoms with Gasteiger partial charge in [-0.2, -0.15) is 0 Å². The van der Waals surface area contributed by atoms with E-state index in [2.05, 4.69) is 13.8 Å². The zero-order chi connectivity index (χ0) is 11.6. The van der Waals surface area contributed by atoms with Crippen LogP contribution in [0.3, 0.4) is 0 Å². The number of ether oxygens (including phenoxy) is 1. The molecule has 0 aliphatic heterocycles. The zero-order valence-corrected chi connectivity index (χ0v) is 11.3. The van der Waals surface area contributed by atoms with E-state index in [-0.39, 0.29) is 30.9 Å². The third-order valence-electron chi connectivity index (χ3n) is 3.75. The molecular weight excluding hydrogens is 228 g/mol. The molecule has 4 nitrogen and oxygen atoms in total. The van der Waals surface area contributed by atoms with Crippen molar-refractivity contribution < 1.29 is 9.53 Å². The van der Waals surface area contributed by atoms with Gasteiger partial charge in [0.2, 0.25) is 0 Å². The maximum atomic E-state index is 11.9. The van der Waals surface area contributed by atoms with E-state index >= 15 is 0 Å². The Morgan fingerprint density at radius 1 is 1.56 bits per heavy atom. The Morgan fingerprint density at radius 2 is 2.06 bits per heavy atom. The van der Waals surface area contributed by atoms with Crippen molar-refractivity contribution in [2.24, 2.45) is 11.1 Å². The van der Waals surface area contributed by atoms with Crippen LogP contribution < -0.4 is 5.73 Å². The van der Waals surface area contributed by atoms with E-state index in [1.54, 1.807) is 4.90 Å². The summed E-state index contributed by atoms with van der Waals surface area (Å²) in [6, 6.07) is 0.259. The van der Waals surface area contributed by atoms with E-state index in [4.69, 9.17) is 10.5 Å². The third-order valence-corrected chi connectivity index (χ3v) is 3.75. The van der Waals surface area contributed by atoms with Crippen LogP contribution >= 0.6 is 12.4 Å². The molecule has 2 unspecified atom stereocenters. The van der Waals surface area contributed by atoms with Crippen LogP contribution in [0.5, 0.6) is 0 Å². The van der Waals surface area contributed by atoms with Crippen LogP contribution in [0.4, 0.5) is 0 Å². The Morgan fingerprint density at radius 3 is 2.38 bits per heavy atom. The molecule has 1 aliphatic rings. The number of hydrogen-bond donors (Lipinski definition) is 1. The third kappa shape index (κ3) is 3.09. The Kier molecular flexibility index (Phi) is 5.73. The average Bonchev–Trinajstić information content (AvgIpc) is 2.97. The van der Waals surface area contributed by atoms with Gasteiger partial charge < -0.3 is 15.4 Å². The summed E-state index contributed by atoms with van der Waals surface area (Å²) in [7, 11) is 3.35. The molecule has 1 rings (SSSR count). The second-order valence-electron chi connectivity index (χ2n) is 4.74. The second-order valence-corrected chi connectivity index (χ2v) is 4.74. The number of methoxy groups -OCH3 is 1. The summed E-state index contributed by atoms with van der Waals surface area (Å²) in [6.45, 7) is 4.54. The lowest BCUT2D eigenvalue weighted by atomic mass is 9.99. The molecule has 0 spiro atoms. The molecule has 0 heterocycles. The Hall–Kier alpha value is -0.320. The summed E-state index contributed by atoms with van der Waals surface area (Å²) in [5.41, 5.74) is 5.78. The molecule has 0 saturated heterocycles. The van der Waals surface area contributed by atoms with E-state index in [1.165, 1.54) is 20.0 Å². The number of halogens is 1. The van der Waals surface area contributed by atoms with E-state index in [9.17, 15) is 4.79 Å². The lowest BCUT2D eigenvalue weighted by Gasteiger charge is -2.32. The number of nitrogens with zero attached hydrogens (tertiary/aromatic N) is 1. The fourth-order valence-corrected chi connectivity index (χ4v) is 1.80. The normalized spacial score (nSPS) is 20.6. The van der Waals surface area contributed by atoms with Gasteiger partial charge in [0.15, 0.2) is 0 Å². The van der Waals surface area contributed by atoms with Crippen LogP contribution in [-0.2, 0) is 9.53 Å². The smallest absolute Gasteiger partial charge is 0.253 e. The van der Waals surface area contributed by atoms with Gasteiger partial charge in [-0.25, -0.2) is 0 Å². The van der Waals surface area contributed by atoms with Crippen molar-refractivity contribution in [3.05, 3.63) is 0 Å². The monoisotopic (exact) mass is 250 g/mol. The Bertz CT molecular complexity index is 240. The van der Waals surface area contributed by atoms with E-state index in [0.717, 1.165) is 0 Å². The maximum Gasteiger partial charge on any atom is 0.253 e. The number of nitrogens with two attached hydrogens (primary N) is 1. The van der Waals surface area contributed by atoms with Crippen LogP contribution in [0, 0.1) is 5.41 Å². The molecule has 1 saturated carbocycles. The molecule has 0 aromatic heterocycles. The first-order valence-electron chi connectivity index (χ1n) is 5.46. The van der Waals surface area contributed by atoms with E-state index < -0.39 is 6.10 Å². The number of hydrogen-bond acceptors (Lipinski definition) is 3. The first-order chi connectivity index (χ1) is 6.96. The second kappa shape index (κ2) is 5.84. The standard InChI is InChI=1S/C11H22N2O2.ClH/c1-8(11(2)5-6-11)13(3)10(14)9(7-12)15-4;/h8-9H,5-7,12H2,1-4H3;1H. The molecule has 0 aromatic rings. The van der Waals surface area contributed by atoms with Crippen LogP contribution in [0.1, 0.15) is 26.7 Å². The Balaban J connectivity index is 0.00000225. The summed E-state index contributed by atoms with van der Waals surface area (Å²) in [5, 5.41) is 0. The van der Waals surface area contributed by atoms with Crippen LogP contribution in [-0.4, -0.2) is 43.7 Å². The van der Waals surface area contributed by atoms with Gasteiger partial charge in [-0.3, -0.25) is 4.79 Å². The van der Waals surface area contributed by atoms with Crippen LogP contribution in [0.15, 0.2) is 0 Å². The van der Waals surface area contributed by atoms with Crippen molar-refractivity contribution in [3.8, 4) is 0 Å². The first-order valence-corrected chi connectivity index (χ1v) is 5.46. The molecule has 16 heavy (non-hydrogen) atoms. The quantitative estimate of drug-likeness (QED) is 0.793. The number of likely N-dealkylation sites (N-methyl/N-ethyl adjacent to an activating group) is 1. The molecule has 1 fully saturated rings. The lowest BCUT2D eigenvalue weighted by Crippen LogP contribution is -2.47.